The van der Waals surface area contributed by atoms with E-state index in [-0.39, 0.29) is 5.97 Å². The van der Waals surface area contributed by atoms with Crippen LogP contribution >= 0.6 is 0 Å². The average molecular weight is 228 g/mol. The van der Waals surface area contributed by atoms with E-state index >= 15 is 0 Å². The molecule has 0 saturated carbocycles. The average Bonchev–Trinajstić information content (AvgIpc) is 2.36. The van der Waals surface area contributed by atoms with Crippen molar-refractivity contribution in [2.45, 2.75) is 6.92 Å². The minimum absolute atomic E-state index is 0.348. The predicted molar refractivity (Wildman–Crippen MR) is 65.2 cm³/mol. The maximum atomic E-state index is 11.1. The normalized spacial score (nSPS) is 10.9. The van der Waals surface area contributed by atoms with Gasteiger partial charge in [0.05, 0.1) is 6.61 Å². The summed E-state index contributed by atoms with van der Waals surface area (Å²) in [7, 11) is 0. The van der Waals surface area contributed by atoms with E-state index in [0.717, 1.165) is 10.9 Å². The summed E-state index contributed by atoms with van der Waals surface area (Å²) in [4.78, 5) is 19.4. The first-order valence-electron chi connectivity index (χ1n) is 5.35. The molecule has 4 heteroatoms. The first-order chi connectivity index (χ1) is 8.29. The fraction of sp³-hybridized carbons (Fsp3) is 0.154. The minimum Gasteiger partial charge on any atom is -0.463 e. The van der Waals surface area contributed by atoms with E-state index in [4.69, 9.17) is 4.74 Å². The maximum Gasteiger partial charge on any atom is 0.330 e. The molecule has 0 bridgehead atoms. The van der Waals surface area contributed by atoms with Crippen LogP contribution in [0.1, 0.15) is 12.5 Å². The molecule has 86 valence electrons. The fourth-order valence-corrected chi connectivity index (χ4v) is 1.43. The van der Waals surface area contributed by atoms with Gasteiger partial charge in [0.1, 0.15) is 0 Å². The van der Waals surface area contributed by atoms with Gasteiger partial charge in [-0.05, 0) is 36.8 Å². The molecule has 0 N–H and O–H groups in total. The van der Waals surface area contributed by atoms with E-state index in [0.29, 0.717) is 12.3 Å². The van der Waals surface area contributed by atoms with Crippen LogP contribution in [-0.2, 0) is 9.53 Å². The van der Waals surface area contributed by atoms with E-state index in [9.17, 15) is 4.79 Å². The number of esters is 1. The Bertz CT molecular complexity index is 564. The highest BCUT2D eigenvalue weighted by Crippen LogP contribution is 2.11. The van der Waals surface area contributed by atoms with Crippen LogP contribution in [0.25, 0.3) is 17.1 Å². The monoisotopic (exact) mass is 228 g/mol. The third kappa shape index (κ3) is 2.87. The van der Waals surface area contributed by atoms with Crippen molar-refractivity contribution in [3.63, 3.8) is 0 Å². The lowest BCUT2D eigenvalue weighted by molar-refractivity contribution is -0.137. The Morgan fingerprint density at radius 3 is 3.18 bits per heavy atom. The first kappa shape index (κ1) is 11.3. The van der Waals surface area contributed by atoms with Gasteiger partial charge in [0.15, 0.2) is 5.65 Å². The summed E-state index contributed by atoms with van der Waals surface area (Å²) in [6.07, 6.45) is 6.44. The van der Waals surface area contributed by atoms with Gasteiger partial charge in [0, 0.05) is 23.9 Å². The molecule has 2 aromatic heterocycles. The summed E-state index contributed by atoms with van der Waals surface area (Å²) < 4.78 is 4.79. The second kappa shape index (κ2) is 5.21. The Morgan fingerprint density at radius 1 is 1.47 bits per heavy atom. The highest BCUT2D eigenvalue weighted by atomic mass is 16.5. The molecule has 0 aliphatic rings. The number of aromatic nitrogens is 2. The number of hydrogen-bond acceptors (Lipinski definition) is 4. The molecule has 0 unspecified atom stereocenters. The molecular formula is C13H12N2O2. The summed E-state index contributed by atoms with van der Waals surface area (Å²) in [5.41, 5.74) is 1.54. The largest absolute Gasteiger partial charge is 0.463 e. The van der Waals surface area contributed by atoms with Crippen LogP contribution in [0.4, 0.5) is 0 Å². The second-order valence-corrected chi connectivity index (χ2v) is 3.40. The molecule has 0 fully saturated rings. The molecule has 17 heavy (non-hydrogen) atoms. The van der Waals surface area contributed by atoms with E-state index in [1.807, 2.05) is 18.2 Å². The molecular weight excluding hydrogens is 216 g/mol. The van der Waals surface area contributed by atoms with Crippen LogP contribution in [0.3, 0.4) is 0 Å². The van der Waals surface area contributed by atoms with Crippen LogP contribution < -0.4 is 0 Å². The lowest BCUT2D eigenvalue weighted by Crippen LogP contribution is -1.98. The molecule has 2 aromatic rings. The van der Waals surface area contributed by atoms with Gasteiger partial charge in [0.25, 0.3) is 0 Å². The van der Waals surface area contributed by atoms with Gasteiger partial charge in [-0.2, -0.15) is 0 Å². The molecule has 0 amide bonds. The molecule has 0 radical (unpaired) electrons. The van der Waals surface area contributed by atoms with Crippen molar-refractivity contribution in [2.75, 3.05) is 6.61 Å². The van der Waals surface area contributed by atoms with E-state index in [1.165, 1.54) is 6.08 Å². The molecule has 0 spiro atoms. The zero-order valence-electron chi connectivity index (χ0n) is 9.46. The Hall–Kier alpha value is -2.23. The number of nitrogens with zero attached hydrogens (tertiary/aromatic N) is 2. The van der Waals surface area contributed by atoms with Crippen molar-refractivity contribution >= 4 is 23.1 Å². The SMILES string of the molecule is CCOC(=O)/C=C/c1cnc2ncccc2c1. The summed E-state index contributed by atoms with van der Waals surface area (Å²) in [5, 5.41) is 0.943. The molecule has 0 aliphatic carbocycles. The third-order valence-corrected chi connectivity index (χ3v) is 2.17. The number of fused-ring (bicyclic) bond motifs is 1. The number of carbonyl (C=O) groups is 1. The van der Waals surface area contributed by atoms with Gasteiger partial charge in [0.2, 0.25) is 0 Å². The van der Waals surface area contributed by atoms with Gasteiger partial charge < -0.3 is 4.74 Å². The van der Waals surface area contributed by atoms with Gasteiger partial charge in [-0.25, -0.2) is 14.8 Å². The summed E-state index contributed by atoms with van der Waals surface area (Å²) >= 11 is 0. The maximum absolute atomic E-state index is 11.1. The van der Waals surface area contributed by atoms with Crippen molar-refractivity contribution < 1.29 is 9.53 Å². The molecule has 4 nitrogen and oxygen atoms in total. The number of pyridine rings is 2. The van der Waals surface area contributed by atoms with Crippen LogP contribution in [0.2, 0.25) is 0 Å². The minimum atomic E-state index is -0.348. The van der Waals surface area contributed by atoms with Crippen molar-refractivity contribution in [3.8, 4) is 0 Å². The van der Waals surface area contributed by atoms with Crippen LogP contribution in [0.5, 0.6) is 0 Å². The number of ether oxygens (including phenoxy) is 1. The zero-order valence-corrected chi connectivity index (χ0v) is 9.46. The molecule has 2 rings (SSSR count). The predicted octanol–water partition coefficient (Wildman–Crippen LogP) is 2.21. The Labute approximate surface area is 99.0 Å². The zero-order chi connectivity index (χ0) is 12.1. The van der Waals surface area contributed by atoms with Crippen molar-refractivity contribution in [1.29, 1.82) is 0 Å². The van der Waals surface area contributed by atoms with Crippen molar-refractivity contribution in [3.05, 3.63) is 42.2 Å². The highest BCUT2D eigenvalue weighted by molar-refractivity contribution is 5.88. The lowest BCUT2D eigenvalue weighted by Gasteiger charge is -1.98. The summed E-state index contributed by atoms with van der Waals surface area (Å²) in [6, 6.07) is 5.70. The van der Waals surface area contributed by atoms with Crippen molar-refractivity contribution in [1.82, 2.24) is 9.97 Å². The molecule has 0 aromatic carbocycles. The van der Waals surface area contributed by atoms with Crippen molar-refractivity contribution in [2.24, 2.45) is 0 Å². The molecule has 2 heterocycles. The fourth-order valence-electron chi connectivity index (χ4n) is 1.43. The van der Waals surface area contributed by atoms with Gasteiger partial charge in [-0.1, -0.05) is 0 Å². The smallest absolute Gasteiger partial charge is 0.330 e. The number of hydrogen-bond donors (Lipinski definition) is 0. The van der Waals surface area contributed by atoms with E-state index in [2.05, 4.69) is 9.97 Å². The molecule has 0 atom stereocenters. The Kier molecular flexibility index (Phi) is 3.45. The van der Waals surface area contributed by atoms with Crippen LogP contribution in [0, 0.1) is 0 Å². The quantitative estimate of drug-likeness (QED) is 0.597. The standard InChI is InChI=1S/C13H12N2O2/c1-2-17-12(16)6-5-10-8-11-4-3-7-14-13(11)15-9-10/h3-9H,2H2,1H3/b6-5+. The summed E-state index contributed by atoms with van der Waals surface area (Å²) in [5.74, 6) is -0.348. The van der Waals surface area contributed by atoms with E-state index < -0.39 is 0 Å². The first-order valence-corrected chi connectivity index (χ1v) is 5.35. The number of rotatable bonds is 3. The van der Waals surface area contributed by atoms with E-state index in [1.54, 1.807) is 25.4 Å². The van der Waals surface area contributed by atoms with Crippen LogP contribution in [-0.4, -0.2) is 22.5 Å². The third-order valence-electron chi connectivity index (χ3n) is 2.17. The Balaban J connectivity index is 2.22. The van der Waals surface area contributed by atoms with Gasteiger partial charge in [-0.15, -0.1) is 0 Å². The number of carbonyl (C=O) groups excluding carboxylic acids is 1. The van der Waals surface area contributed by atoms with Crippen LogP contribution in [0.15, 0.2) is 36.7 Å². The van der Waals surface area contributed by atoms with Gasteiger partial charge in [-0.3, -0.25) is 0 Å². The second-order valence-electron chi connectivity index (χ2n) is 3.40. The lowest BCUT2D eigenvalue weighted by atomic mass is 10.2. The highest BCUT2D eigenvalue weighted by Gasteiger charge is 1.97. The van der Waals surface area contributed by atoms with Gasteiger partial charge >= 0.3 is 5.97 Å². The topological polar surface area (TPSA) is 52.1 Å². The summed E-state index contributed by atoms with van der Waals surface area (Å²) in [6.45, 7) is 2.15. The Morgan fingerprint density at radius 2 is 2.35 bits per heavy atom. The molecule has 0 aliphatic heterocycles. The molecule has 0 saturated heterocycles.